The van der Waals surface area contributed by atoms with Crippen molar-refractivity contribution in [3.05, 3.63) is 0 Å². The first-order valence-electron chi connectivity index (χ1n) is 11.9. The second kappa shape index (κ2) is 27.4. The van der Waals surface area contributed by atoms with Crippen molar-refractivity contribution in [2.24, 2.45) is 11.8 Å². The third kappa shape index (κ3) is 24.4. The van der Waals surface area contributed by atoms with Gasteiger partial charge in [0.25, 0.3) is 0 Å². The van der Waals surface area contributed by atoms with Gasteiger partial charge in [0, 0.05) is 71.0 Å². The Bertz CT molecular complexity index is 2040. The molecule has 0 aromatic carbocycles. The highest BCUT2D eigenvalue weighted by Gasteiger charge is 2.23. The molecule has 0 fully saturated rings. The summed E-state index contributed by atoms with van der Waals surface area (Å²) in [7, 11) is 0. The van der Waals surface area contributed by atoms with Crippen LogP contribution in [0.1, 0.15) is 26.7 Å². The normalized spacial score (nSPS) is 7.37. The molecule has 0 rings (SSSR count). The molecule has 196 valence electrons. The highest BCUT2D eigenvalue weighted by atomic mass is 16.5. The molecule has 0 amide bonds. The van der Waals surface area contributed by atoms with Gasteiger partial charge in [0.2, 0.25) is 0 Å². The first-order chi connectivity index (χ1) is 21.0. The average Bonchev–Trinajstić information content (AvgIpc) is 3.00. The van der Waals surface area contributed by atoms with E-state index < -0.39 is 23.8 Å². The number of carboxylic acids is 1. The Morgan fingerprint density at radius 2 is 0.884 bits per heavy atom. The number of carbonyl (C=O) groups excluding carboxylic acids is 1. The Morgan fingerprint density at radius 3 is 1.16 bits per heavy atom. The molecule has 2 unspecified atom stereocenters. The van der Waals surface area contributed by atoms with Crippen LogP contribution in [0.15, 0.2) is 0 Å². The van der Waals surface area contributed by atoms with Gasteiger partial charge < -0.3 is 9.84 Å². The van der Waals surface area contributed by atoms with Crippen molar-refractivity contribution >= 4 is 11.9 Å². The van der Waals surface area contributed by atoms with Crippen LogP contribution in [0.25, 0.3) is 0 Å². The molecule has 0 aromatic heterocycles. The molecule has 0 aliphatic heterocycles. The molecule has 0 bridgehead atoms. The van der Waals surface area contributed by atoms with E-state index in [2.05, 4.69) is 172 Å². The molecule has 0 aromatic rings. The molecule has 0 saturated heterocycles. The maximum atomic E-state index is 11.9. The van der Waals surface area contributed by atoms with Crippen LogP contribution < -0.4 is 0 Å². The van der Waals surface area contributed by atoms with Crippen LogP contribution in [0.2, 0.25) is 0 Å². The van der Waals surface area contributed by atoms with Crippen LogP contribution in [-0.2, 0) is 14.3 Å². The molecular formula is C39H16O4. The summed E-state index contributed by atoms with van der Waals surface area (Å²) in [5.41, 5.74) is 0. The predicted octanol–water partition coefficient (Wildman–Crippen LogP) is 1.35. The van der Waals surface area contributed by atoms with E-state index in [1.165, 1.54) is 0 Å². The van der Waals surface area contributed by atoms with E-state index in [0.29, 0.717) is 6.42 Å². The summed E-state index contributed by atoms with van der Waals surface area (Å²) in [6.45, 7) is 3.23. The fraction of sp³-hybridized carbons (Fsp3) is 0.179. The van der Waals surface area contributed by atoms with Gasteiger partial charge in [0.05, 0.1) is 11.8 Å². The summed E-state index contributed by atoms with van der Waals surface area (Å²) in [6, 6.07) is 0. The van der Waals surface area contributed by atoms with Gasteiger partial charge in [-0.1, -0.05) is 13.8 Å². The van der Waals surface area contributed by atoms with Gasteiger partial charge in [-0.2, -0.15) is 0 Å². The van der Waals surface area contributed by atoms with E-state index in [1.54, 1.807) is 13.8 Å². The maximum Gasteiger partial charge on any atom is 0.309 e. The zero-order valence-corrected chi connectivity index (χ0v) is 23.0. The zero-order chi connectivity index (χ0) is 31.6. The molecule has 4 heteroatoms. The lowest BCUT2D eigenvalue weighted by Gasteiger charge is -2.14. The molecule has 0 radical (unpaired) electrons. The summed E-state index contributed by atoms with van der Waals surface area (Å²) in [5, 5.41) is 9.05. The quantitative estimate of drug-likeness (QED) is 0.402. The Morgan fingerprint density at radius 1 is 0.581 bits per heavy atom. The van der Waals surface area contributed by atoms with Gasteiger partial charge in [0.1, 0.15) is 0 Å². The highest BCUT2D eigenvalue weighted by Crippen LogP contribution is 2.16. The van der Waals surface area contributed by atoms with Crippen LogP contribution in [0.3, 0.4) is 0 Å². The SMILES string of the molecule is C#CC#CC#CC#CC#CC#CC#CC#CC#CC#CC#CC#CC#CC#CC#CCOC(=O)C(C)CC(CC)C(=O)O. The molecule has 0 heterocycles. The lowest BCUT2D eigenvalue weighted by atomic mass is 9.94. The zero-order valence-electron chi connectivity index (χ0n) is 23.0. The smallest absolute Gasteiger partial charge is 0.309 e. The fourth-order valence-electron chi connectivity index (χ4n) is 2.11. The standard InChI is InChI=1S/C39H16O4/c1-4-6-7-8-9-10-11-12-13-14-15-16-17-18-19-20-21-22-23-24-25-26-27-28-29-30-31-32-33-34-43-39(42)36(3)35-37(5-2)38(40)41/h1,36-37H,5,34-35H2,2-3H3,(H,40,41). The van der Waals surface area contributed by atoms with E-state index in [-0.39, 0.29) is 13.0 Å². The Hall–Kier alpha value is -7.66. The minimum absolute atomic E-state index is 0.149. The second-order valence-electron chi connectivity index (χ2n) is 6.88. The fourth-order valence-corrected chi connectivity index (χ4v) is 2.11. The number of ether oxygens (including phenoxy) is 1. The number of aliphatic carboxylic acids is 1. The molecule has 1 N–H and O–H groups in total. The van der Waals surface area contributed by atoms with E-state index in [0.717, 1.165) is 0 Å². The van der Waals surface area contributed by atoms with Crippen molar-refractivity contribution in [2.75, 3.05) is 6.61 Å². The van der Waals surface area contributed by atoms with Crippen LogP contribution in [0.4, 0.5) is 0 Å². The molecular weight excluding hydrogens is 532 g/mol. The lowest BCUT2D eigenvalue weighted by molar-refractivity contribution is -0.148. The summed E-state index contributed by atoms with van der Waals surface area (Å²) in [5.74, 6) is 68.7. The summed E-state index contributed by atoms with van der Waals surface area (Å²) < 4.78 is 4.99. The van der Waals surface area contributed by atoms with Crippen LogP contribution in [0, 0.1) is 190 Å². The second-order valence-corrected chi connectivity index (χ2v) is 6.88. The van der Waals surface area contributed by atoms with Gasteiger partial charge in [-0.05, 0) is 113 Å². The first-order valence-corrected chi connectivity index (χ1v) is 11.9. The van der Waals surface area contributed by atoms with Crippen LogP contribution in [-0.4, -0.2) is 23.7 Å². The van der Waals surface area contributed by atoms with Crippen molar-refractivity contribution in [1.29, 1.82) is 0 Å². The van der Waals surface area contributed by atoms with Crippen molar-refractivity contribution in [3.63, 3.8) is 0 Å². The van der Waals surface area contributed by atoms with Crippen LogP contribution >= 0.6 is 0 Å². The van der Waals surface area contributed by atoms with E-state index in [4.69, 9.17) is 16.3 Å². The summed E-state index contributed by atoms with van der Waals surface area (Å²) in [4.78, 5) is 22.9. The van der Waals surface area contributed by atoms with E-state index >= 15 is 0 Å². The van der Waals surface area contributed by atoms with Crippen molar-refractivity contribution in [2.45, 2.75) is 26.7 Å². The average molecular weight is 549 g/mol. The summed E-state index contributed by atoms with van der Waals surface area (Å²) >= 11 is 0. The molecule has 0 saturated carbocycles. The third-order valence-electron chi connectivity index (χ3n) is 3.95. The Balaban J connectivity index is 4.48. The van der Waals surface area contributed by atoms with E-state index in [9.17, 15) is 9.59 Å². The van der Waals surface area contributed by atoms with Gasteiger partial charge in [-0.15, -0.1) is 6.42 Å². The van der Waals surface area contributed by atoms with Crippen molar-refractivity contribution < 1.29 is 19.4 Å². The summed E-state index contributed by atoms with van der Waals surface area (Å²) in [6.07, 6.45) is 5.58. The molecule has 0 aliphatic carbocycles. The Labute approximate surface area is 254 Å². The lowest BCUT2D eigenvalue weighted by Crippen LogP contribution is -2.22. The molecule has 0 spiro atoms. The number of rotatable bonds is 6. The molecule has 0 aliphatic rings. The predicted molar refractivity (Wildman–Crippen MR) is 164 cm³/mol. The highest BCUT2D eigenvalue weighted by molar-refractivity contribution is 5.74. The largest absolute Gasteiger partial charge is 0.481 e. The number of terminal acetylenes is 1. The van der Waals surface area contributed by atoms with Crippen molar-refractivity contribution in [3.8, 4) is 178 Å². The van der Waals surface area contributed by atoms with Gasteiger partial charge in [-0.25, -0.2) is 0 Å². The maximum absolute atomic E-state index is 11.9. The monoisotopic (exact) mass is 548 g/mol. The van der Waals surface area contributed by atoms with Gasteiger partial charge >= 0.3 is 11.9 Å². The topological polar surface area (TPSA) is 63.6 Å². The molecule has 4 nitrogen and oxygen atoms in total. The minimum Gasteiger partial charge on any atom is -0.481 e. The number of hydrogen-bond acceptors (Lipinski definition) is 3. The number of carboxylic acid groups (broad SMARTS) is 1. The van der Waals surface area contributed by atoms with Crippen molar-refractivity contribution in [1.82, 2.24) is 0 Å². The first kappa shape index (κ1) is 35.3. The molecule has 43 heavy (non-hydrogen) atoms. The van der Waals surface area contributed by atoms with Gasteiger partial charge in [-0.3, -0.25) is 9.59 Å². The minimum atomic E-state index is -0.928. The number of hydrogen-bond donors (Lipinski definition) is 1. The van der Waals surface area contributed by atoms with Gasteiger partial charge in [0.15, 0.2) is 6.61 Å². The Kier molecular flexibility index (Phi) is 22.5. The third-order valence-corrected chi connectivity index (χ3v) is 3.95. The van der Waals surface area contributed by atoms with Crippen LogP contribution in [0.5, 0.6) is 0 Å². The number of carbonyl (C=O) groups is 2. The molecule has 2 atom stereocenters. The van der Waals surface area contributed by atoms with E-state index in [1.807, 2.05) is 0 Å². The number of esters is 1.